The summed E-state index contributed by atoms with van der Waals surface area (Å²) in [5, 5.41) is 3.47. The van der Waals surface area contributed by atoms with E-state index in [4.69, 9.17) is 4.74 Å². The highest BCUT2D eigenvalue weighted by atomic mass is 16.5. The molecule has 0 aliphatic heterocycles. The fourth-order valence-corrected chi connectivity index (χ4v) is 6.78. The van der Waals surface area contributed by atoms with E-state index in [0.29, 0.717) is 17.9 Å². The van der Waals surface area contributed by atoms with Gasteiger partial charge in [0.1, 0.15) is 18.0 Å². The van der Waals surface area contributed by atoms with E-state index in [1.165, 1.54) is 19.3 Å². The van der Waals surface area contributed by atoms with Crippen LogP contribution in [-0.2, 0) is 6.61 Å². The molecule has 5 nitrogen and oxygen atoms in total. The summed E-state index contributed by atoms with van der Waals surface area (Å²) in [7, 11) is 0. The number of aromatic nitrogens is 2. The minimum atomic E-state index is -0.00192. The molecule has 1 aromatic carbocycles. The first-order valence-electron chi connectivity index (χ1n) is 11.5. The van der Waals surface area contributed by atoms with Gasteiger partial charge in [-0.25, -0.2) is 4.98 Å². The lowest BCUT2D eigenvalue weighted by atomic mass is 9.53. The van der Waals surface area contributed by atoms with Crippen LogP contribution in [0.4, 0.5) is 0 Å². The topological polar surface area (TPSA) is 55.6 Å². The maximum Gasteiger partial charge on any atom is 0.255 e. The molecule has 7 rings (SSSR count). The average molecular weight is 416 g/mol. The Morgan fingerprint density at radius 3 is 2.52 bits per heavy atom. The van der Waals surface area contributed by atoms with Crippen molar-refractivity contribution in [1.82, 2.24) is 14.7 Å². The van der Waals surface area contributed by atoms with Gasteiger partial charge in [-0.1, -0.05) is 18.2 Å². The second-order valence-corrected chi connectivity index (χ2v) is 10.1. The van der Waals surface area contributed by atoms with Crippen LogP contribution >= 0.6 is 0 Å². The summed E-state index contributed by atoms with van der Waals surface area (Å²) in [4.78, 5) is 18.0. The van der Waals surface area contributed by atoms with E-state index in [9.17, 15) is 4.79 Å². The number of imidazole rings is 1. The van der Waals surface area contributed by atoms with Gasteiger partial charge in [0, 0.05) is 17.9 Å². The minimum Gasteiger partial charge on any atom is -0.486 e. The largest absolute Gasteiger partial charge is 0.486 e. The maximum absolute atomic E-state index is 13.3. The number of nitrogens with zero attached hydrogens (tertiary/aromatic N) is 2. The lowest BCUT2D eigenvalue weighted by Gasteiger charge is -2.56. The van der Waals surface area contributed by atoms with Gasteiger partial charge in [0.25, 0.3) is 5.91 Å². The van der Waals surface area contributed by atoms with E-state index in [1.54, 1.807) is 0 Å². The van der Waals surface area contributed by atoms with Crippen LogP contribution in [0.3, 0.4) is 0 Å². The highest BCUT2D eigenvalue weighted by molar-refractivity contribution is 5.97. The Labute approximate surface area is 182 Å². The first-order chi connectivity index (χ1) is 15.1. The first-order valence-corrected chi connectivity index (χ1v) is 11.5. The lowest BCUT2D eigenvalue weighted by molar-refractivity contribution is -0.0167. The molecule has 4 saturated carbocycles. The second kappa shape index (κ2) is 7.11. The van der Waals surface area contributed by atoms with Gasteiger partial charge < -0.3 is 14.5 Å². The number of para-hydroxylation sites is 1. The van der Waals surface area contributed by atoms with Gasteiger partial charge in [-0.2, -0.15) is 0 Å². The molecule has 0 atom stereocenters. The van der Waals surface area contributed by atoms with Gasteiger partial charge >= 0.3 is 0 Å². The molecule has 4 aliphatic carbocycles. The molecule has 2 aromatic heterocycles. The smallest absolute Gasteiger partial charge is 0.255 e. The van der Waals surface area contributed by atoms with Gasteiger partial charge in [-0.3, -0.25) is 4.79 Å². The van der Waals surface area contributed by atoms with E-state index in [2.05, 4.69) is 23.3 Å². The summed E-state index contributed by atoms with van der Waals surface area (Å²) in [6.07, 6.45) is 11.5. The number of nitrogens with one attached hydrogen (secondary N) is 1. The molecule has 3 aromatic rings. The van der Waals surface area contributed by atoms with Crippen LogP contribution in [0, 0.1) is 24.7 Å². The minimum absolute atomic E-state index is 0.00192. The molecule has 1 amide bonds. The quantitative estimate of drug-likeness (QED) is 0.643. The monoisotopic (exact) mass is 415 g/mol. The Morgan fingerprint density at radius 2 is 1.81 bits per heavy atom. The van der Waals surface area contributed by atoms with Crippen LogP contribution in [0.2, 0.25) is 0 Å². The van der Waals surface area contributed by atoms with Gasteiger partial charge in [-0.15, -0.1) is 0 Å². The third kappa shape index (κ3) is 3.40. The zero-order valence-corrected chi connectivity index (χ0v) is 18.0. The van der Waals surface area contributed by atoms with Crippen LogP contribution < -0.4 is 10.1 Å². The summed E-state index contributed by atoms with van der Waals surface area (Å²) in [6.45, 7) is 2.39. The Morgan fingerprint density at radius 1 is 1.10 bits per heavy atom. The predicted molar refractivity (Wildman–Crippen MR) is 119 cm³/mol. The molecule has 0 spiro atoms. The molecule has 0 saturated heterocycles. The molecule has 160 valence electrons. The number of carbonyl (C=O) groups is 1. The lowest BCUT2D eigenvalue weighted by Crippen LogP contribution is -2.59. The molecule has 2 heterocycles. The van der Waals surface area contributed by atoms with Crippen molar-refractivity contribution in [2.45, 2.75) is 57.6 Å². The molecule has 31 heavy (non-hydrogen) atoms. The molecular formula is C26H29N3O2. The van der Waals surface area contributed by atoms with E-state index in [-0.39, 0.29) is 11.4 Å². The number of hydrogen-bond donors (Lipinski definition) is 1. The fourth-order valence-electron chi connectivity index (χ4n) is 6.78. The summed E-state index contributed by atoms with van der Waals surface area (Å²) in [5.74, 6) is 3.03. The molecular weight excluding hydrogens is 386 g/mol. The molecule has 4 fully saturated rings. The van der Waals surface area contributed by atoms with Crippen molar-refractivity contribution in [2.24, 2.45) is 17.8 Å². The highest BCUT2D eigenvalue weighted by Crippen LogP contribution is 2.55. The van der Waals surface area contributed by atoms with Crippen molar-refractivity contribution >= 4 is 11.6 Å². The molecule has 0 radical (unpaired) electrons. The van der Waals surface area contributed by atoms with E-state index in [0.717, 1.165) is 53.9 Å². The number of benzene rings is 1. The van der Waals surface area contributed by atoms with Crippen LogP contribution in [0.15, 0.2) is 48.8 Å². The normalized spacial score (nSPS) is 28.7. The van der Waals surface area contributed by atoms with Gasteiger partial charge in [0.05, 0.1) is 11.3 Å². The summed E-state index contributed by atoms with van der Waals surface area (Å²) < 4.78 is 8.11. The number of amides is 1. The standard InChI is InChI=1S/C26H29N3O2/c1-17-5-4-8-29-15-21(27-24(17)29)16-31-23-7-3-2-6-22(23)25(30)28-26-12-18-9-19(13-26)11-20(10-18)14-26/h2-8,15,18-20H,9-14,16H2,1H3,(H,28,30). The van der Waals surface area contributed by atoms with Crippen molar-refractivity contribution < 1.29 is 9.53 Å². The predicted octanol–water partition coefficient (Wildman–Crippen LogP) is 4.92. The summed E-state index contributed by atoms with van der Waals surface area (Å²) in [5.41, 5.74) is 3.54. The van der Waals surface area contributed by atoms with E-state index < -0.39 is 0 Å². The number of aryl methyl sites for hydroxylation is 1. The number of fused-ring (bicyclic) bond motifs is 1. The molecule has 5 heteroatoms. The SMILES string of the molecule is Cc1cccn2cc(COc3ccccc3C(=O)NC34CC5CC(CC(C5)C3)C4)nc12. The van der Waals surface area contributed by atoms with Gasteiger partial charge in [-0.05, 0) is 87.0 Å². The van der Waals surface area contributed by atoms with Crippen molar-refractivity contribution in [3.05, 3.63) is 65.6 Å². The average Bonchev–Trinajstić information content (AvgIpc) is 3.16. The van der Waals surface area contributed by atoms with Crippen LogP contribution in [0.5, 0.6) is 5.75 Å². The zero-order chi connectivity index (χ0) is 21.0. The van der Waals surface area contributed by atoms with Crippen LogP contribution in [0.1, 0.15) is 60.1 Å². The van der Waals surface area contributed by atoms with Crippen molar-refractivity contribution in [3.63, 3.8) is 0 Å². The number of ether oxygens (including phenoxy) is 1. The fraction of sp³-hybridized carbons (Fsp3) is 0.462. The van der Waals surface area contributed by atoms with Crippen LogP contribution in [-0.4, -0.2) is 20.8 Å². The van der Waals surface area contributed by atoms with E-state index >= 15 is 0 Å². The number of carbonyl (C=O) groups excluding carboxylic acids is 1. The van der Waals surface area contributed by atoms with Gasteiger partial charge in [0.2, 0.25) is 0 Å². The third-order valence-electron chi connectivity index (χ3n) is 7.65. The number of rotatable bonds is 5. The second-order valence-electron chi connectivity index (χ2n) is 10.1. The zero-order valence-electron chi connectivity index (χ0n) is 18.0. The highest BCUT2D eigenvalue weighted by Gasteiger charge is 2.51. The molecule has 0 unspecified atom stereocenters. The van der Waals surface area contributed by atoms with Crippen molar-refractivity contribution in [3.8, 4) is 5.75 Å². The molecule has 4 aliphatic rings. The van der Waals surface area contributed by atoms with Crippen molar-refractivity contribution in [2.75, 3.05) is 0 Å². The Kier molecular flexibility index (Phi) is 4.34. The Balaban J connectivity index is 1.20. The number of pyridine rings is 1. The first kappa shape index (κ1) is 18.9. The molecule has 1 N–H and O–H groups in total. The molecule has 4 bridgehead atoms. The summed E-state index contributed by atoms with van der Waals surface area (Å²) in [6, 6.07) is 11.7. The third-order valence-corrected chi connectivity index (χ3v) is 7.65. The van der Waals surface area contributed by atoms with Gasteiger partial charge in [0.15, 0.2) is 0 Å². The summed E-state index contributed by atoms with van der Waals surface area (Å²) >= 11 is 0. The Bertz CT molecular complexity index is 1110. The number of hydrogen-bond acceptors (Lipinski definition) is 3. The maximum atomic E-state index is 13.3. The van der Waals surface area contributed by atoms with Crippen molar-refractivity contribution in [1.29, 1.82) is 0 Å². The Hall–Kier alpha value is -2.82. The van der Waals surface area contributed by atoms with E-state index in [1.807, 2.05) is 47.1 Å². The van der Waals surface area contributed by atoms with Crippen LogP contribution in [0.25, 0.3) is 5.65 Å².